The van der Waals surface area contributed by atoms with E-state index in [0.29, 0.717) is 0 Å². The number of hydrogen-bond donors (Lipinski definition) is 4. The molecular weight excluding hydrogens is 215 g/mol. The average Bonchev–Trinajstić information content (AvgIpc) is 2.01. The van der Waals surface area contributed by atoms with Crippen LogP contribution < -0.4 is 0 Å². The van der Waals surface area contributed by atoms with E-state index in [1.54, 1.807) is 0 Å². The van der Waals surface area contributed by atoms with Crippen LogP contribution in [-0.4, -0.2) is 45.0 Å². The number of rotatable bonds is 6. The first-order valence-electron chi connectivity index (χ1n) is 3.55. The number of aliphatic hydroxyl groups is 1. The van der Waals surface area contributed by atoms with E-state index in [-0.39, 0.29) is 13.2 Å². The van der Waals surface area contributed by atoms with E-state index in [9.17, 15) is 9.36 Å². The maximum Gasteiger partial charge on any atom is 0.365 e. The quantitative estimate of drug-likeness (QED) is 0.343. The zero-order valence-electron chi connectivity index (χ0n) is 7.11. The van der Waals surface area contributed by atoms with Crippen molar-refractivity contribution in [2.24, 2.45) is 0 Å². The Morgan fingerprint density at radius 1 is 1.43 bits per heavy atom. The van der Waals surface area contributed by atoms with Crippen LogP contribution in [0.25, 0.3) is 0 Å². The summed E-state index contributed by atoms with van der Waals surface area (Å²) >= 11 is 0. The van der Waals surface area contributed by atoms with E-state index in [2.05, 4.69) is 4.74 Å². The minimum Gasteiger partial charge on any atom is -0.479 e. The van der Waals surface area contributed by atoms with Gasteiger partial charge in [0.05, 0.1) is 13.2 Å². The Balaban J connectivity index is 4.20. The zero-order chi connectivity index (χ0) is 11.2. The molecule has 0 fully saturated rings. The molecule has 0 aliphatic rings. The van der Waals surface area contributed by atoms with Gasteiger partial charge in [-0.2, -0.15) is 0 Å². The predicted octanol–water partition coefficient (Wildman–Crippen LogP) is -0.860. The van der Waals surface area contributed by atoms with Crippen molar-refractivity contribution in [2.45, 2.75) is 5.85 Å². The van der Waals surface area contributed by atoms with Crippen molar-refractivity contribution < 1.29 is 34.1 Å². The second-order valence-electron chi connectivity index (χ2n) is 2.27. The lowest BCUT2D eigenvalue weighted by Crippen LogP contribution is -2.23. The fourth-order valence-electron chi connectivity index (χ4n) is 0.602. The van der Waals surface area contributed by atoms with Gasteiger partial charge in [-0.3, -0.25) is 4.57 Å². The highest BCUT2D eigenvalue weighted by atomic mass is 31.2. The van der Waals surface area contributed by atoms with Gasteiger partial charge in [-0.1, -0.05) is 12.2 Å². The van der Waals surface area contributed by atoms with Gasteiger partial charge in [0.15, 0.2) is 0 Å². The molecule has 82 valence electrons. The van der Waals surface area contributed by atoms with Gasteiger partial charge in [0.1, 0.15) is 0 Å². The Hall–Kier alpha value is -0.720. The first-order chi connectivity index (χ1) is 6.39. The molecule has 0 saturated heterocycles. The van der Waals surface area contributed by atoms with Gasteiger partial charge in [-0.15, -0.1) is 0 Å². The molecule has 0 spiro atoms. The molecule has 0 rings (SSSR count). The number of carboxylic acid groups (broad SMARTS) is 1. The van der Waals surface area contributed by atoms with Crippen molar-refractivity contribution >= 4 is 13.6 Å². The molecule has 0 heterocycles. The van der Waals surface area contributed by atoms with Crippen LogP contribution in [0, 0.1) is 0 Å². The SMILES string of the molecule is O=C(O)C(OC/C=C\CO)P(=O)(O)O. The van der Waals surface area contributed by atoms with Crippen LogP contribution in [0.3, 0.4) is 0 Å². The Morgan fingerprint density at radius 3 is 2.36 bits per heavy atom. The second kappa shape index (κ2) is 5.90. The van der Waals surface area contributed by atoms with Crippen LogP contribution in [-0.2, 0) is 14.1 Å². The number of hydrogen-bond acceptors (Lipinski definition) is 4. The Morgan fingerprint density at radius 2 is 2.00 bits per heavy atom. The molecule has 1 atom stereocenters. The molecule has 7 nitrogen and oxygen atoms in total. The number of carbonyl (C=O) groups is 1. The van der Waals surface area contributed by atoms with Crippen molar-refractivity contribution in [3.05, 3.63) is 12.2 Å². The van der Waals surface area contributed by atoms with E-state index in [1.807, 2.05) is 0 Å². The lowest BCUT2D eigenvalue weighted by atomic mass is 10.5. The number of ether oxygens (including phenoxy) is 1. The molecule has 0 aliphatic heterocycles. The fraction of sp³-hybridized carbons (Fsp3) is 0.500. The van der Waals surface area contributed by atoms with Gasteiger partial charge < -0.3 is 24.7 Å². The molecule has 0 radical (unpaired) electrons. The lowest BCUT2D eigenvalue weighted by Gasteiger charge is -2.13. The van der Waals surface area contributed by atoms with Crippen LogP contribution in [0.4, 0.5) is 0 Å². The molecule has 0 aromatic rings. The molecule has 0 amide bonds. The molecule has 0 aromatic carbocycles. The summed E-state index contributed by atoms with van der Waals surface area (Å²) in [5.74, 6) is -3.89. The van der Waals surface area contributed by atoms with Gasteiger partial charge in [0.25, 0.3) is 5.85 Å². The van der Waals surface area contributed by atoms with E-state index in [4.69, 9.17) is 20.0 Å². The molecule has 1 unspecified atom stereocenters. The third kappa shape index (κ3) is 5.11. The topological polar surface area (TPSA) is 124 Å². The molecular formula is C6H11O7P. The van der Waals surface area contributed by atoms with Crippen LogP contribution in [0.15, 0.2) is 12.2 Å². The second-order valence-corrected chi connectivity index (χ2v) is 3.91. The fourth-order valence-corrected chi connectivity index (χ4v) is 1.17. The summed E-state index contributed by atoms with van der Waals surface area (Å²) in [5, 5.41) is 16.7. The van der Waals surface area contributed by atoms with Crippen molar-refractivity contribution in [1.29, 1.82) is 0 Å². The first kappa shape index (κ1) is 13.3. The van der Waals surface area contributed by atoms with Gasteiger partial charge in [-0.05, 0) is 0 Å². The highest BCUT2D eigenvalue weighted by Crippen LogP contribution is 2.41. The normalized spacial score (nSPS) is 14.5. The number of aliphatic carboxylic acids is 1. The molecule has 0 aromatic heterocycles. The predicted molar refractivity (Wildman–Crippen MR) is 45.6 cm³/mol. The molecule has 0 aliphatic carbocycles. The average molecular weight is 226 g/mol. The summed E-state index contributed by atoms with van der Waals surface area (Å²) < 4.78 is 15.0. The van der Waals surface area contributed by atoms with Crippen LogP contribution in [0.5, 0.6) is 0 Å². The van der Waals surface area contributed by atoms with Crippen LogP contribution in [0.2, 0.25) is 0 Å². The molecule has 0 bridgehead atoms. The Kier molecular flexibility index (Phi) is 5.59. The van der Waals surface area contributed by atoms with Crippen LogP contribution in [0.1, 0.15) is 0 Å². The van der Waals surface area contributed by atoms with Crippen molar-refractivity contribution in [3.63, 3.8) is 0 Å². The summed E-state index contributed by atoms with van der Waals surface area (Å²) in [5.41, 5.74) is 0. The largest absolute Gasteiger partial charge is 0.479 e. The zero-order valence-corrected chi connectivity index (χ0v) is 8.00. The van der Waals surface area contributed by atoms with Gasteiger partial charge in [0.2, 0.25) is 0 Å². The van der Waals surface area contributed by atoms with Crippen molar-refractivity contribution in [3.8, 4) is 0 Å². The molecule has 8 heteroatoms. The number of aliphatic hydroxyl groups excluding tert-OH is 1. The van der Waals surface area contributed by atoms with Crippen LogP contribution >= 0.6 is 7.60 Å². The van der Waals surface area contributed by atoms with Crippen molar-refractivity contribution in [2.75, 3.05) is 13.2 Å². The van der Waals surface area contributed by atoms with E-state index in [1.165, 1.54) is 12.2 Å². The summed E-state index contributed by atoms with van der Waals surface area (Å²) in [7, 11) is -4.80. The third-order valence-electron chi connectivity index (χ3n) is 1.14. The maximum atomic E-state index is 10.6. The monoisotopic (exact) mass is 226 g/mol. The Bertz CT molecular complexity index is 255. The van der Waals surface area contributed by atoms with Gasteiger partial charge in [-0.25, -0.2) is 4.79 Å². The highest BCUT2D eigenvalue weighted by Gasteiger charge is 2.36. The van der Waals surface area contributed by atoms with E-state index >= 15 is 0 Å². The summed E-state index contributed by atoms with van der Waals surface area (Å²) in [6.45, 7) is -0.542. The van der Waals surface area contributed by atoms with Gasteiger partial charge >= 0.3 is 13.6 Å². The Labute approximate surface area is 79.8 Å². The third-order valence-corrected chi connectivity index (χ3v) is 2.12. The molecule has 4 N–H and O–H groups in total. The van der Waals surface area contributed by atoms with E-state index in [0.717, 1.165) is 0 Å². The number of carboxylic acids is 1. The summed E-state index contributed by atoms with van der Waals surface area (Å²) in [6, 6.07) is 0. The summed E-state index contributed by atoms with van der Waals surface area (Å²) in [4.78, 5) is 27.4. The van der Waals surface area contributed by atoms with Gasteiger partial charge in [0, 0.05) is 0 Å². The standard InChI is InChI=1S/C6H11O7P/c7-3-1-2-4-13-6(5(8)9)14(10,11)12/h1-2,6-7H,3-4H2,(H,8,9)(H2,10,11,12)/b2-1-. The smallest absolute Gasteiger partial charge is 0.365 e. The van der Waals surface area contributed by atoms with Crippen molar-refractivity contribution in [1.82, 2.24) is 0 Å². The maximum absolute atomic E-state index is 10.6. The minimum absolute atomic E-state index is 0.253. The first-order valence-corrected chi connectivity index (χ1v) is 5.23. The molecule has 0 saturated carbocycles. The minimum atomic E-state index is -4.80. The molecule has 14 heavy (non-hydrogen) atoms. The highest BCUT2D eigenvalue weighted by molar-refractivity contribution is 7.53. The van der Waals surface area contributed by atoms with E-state index < -0.39 is 19.4 Å². The summed E-state index contributed by atoms with van der Waals surface area (Å²) in [6.07, 6.45) is 2.52. The lowest BCUT2D eigenvalue weighted by molar-refractivity contribution is -0.145.